The van der Waals surface area contributed by atoms with Gasteiger partial charge in [-0.2, -0.15) is 0 Å². The number of unbranched alkanes of at least 4 members (excludes halogenated alkanes) is 8. The van der Waals surface area contributed by atoms with Crippen molar-refractivity contribution >= 4 is 16.9 Å². The number of esters is 1. The van der Waals surface area contributed by atoms with Gasteiger partial charge in [0, 0.05) is 23.6 Å². The third-order valence-corrected chi connectivity index (χ3v) is 4.89. The number of fused-ring (bicyclic) bond motifs is 1. The zero-order chi connectivity index (χ0) is 18.6. The van der Waals surface area contributed by atoms with Crippen molar-refractivity contribution < 1.29 is 14.6 Å². The molecular formula is C22H33NO3. The van der Waals surface area contributed by atoms with E-state index in [0.717, 1.165) is 29.3 Å². The van der Waals surface area contributed by atoms with Gasteiger partial charge in [0.05, 0.1) is 12.1 Å². The summed E-state index contributed by atoms with van der Waals surface area (Å²) < 4.78 is 7.29. The van der Waals surface area contributed by atoms with Gasteiger partial charge < -0.3 is 14.4 Å². The van der Waals surface area contributed by atoms with Crippen molar-refractivity contribution in [1.82, 2.24) is 4.57 Å². The summed E-state index contributed by atoms with van der Waals surface area (Å²) in [5.74, 6) is -0.142. The molecule has 1 aromatic carbocycles. The molecule has 0 spiro atoms. The van der Waals surface area contributed by atoms with E-state index in [4.69, 9.17) is 4.74 Å². The molecule has 2 aromatic rings. The fourth-order valence-corrected chi connectivity index (χ4v) is 3.35. The molecule has 0 saturated heterocycles. The maximum Gasteiger partial charge on any atom is 0.307 e. The van der Waals surface area contributed by atoms with Gasteiger partial charge in [-0.1, -0.05) is 76.5 Å². The van der Waals surface area contributed by atoms with Gasteiger partial charge in [-0.05, 0) is 12.5 Å². The highest BCUT2D eigenvalue weighted by Gasteiger charge is 2.09. The molecule has 0 saturated carbocycles. The van der Waals surface area contributed by atoms with Crippen molar-refractivity contribution in [2.24, 2.45) is 0 Å². The van der Waals surface area contributed by atoms with Crippen LogP contribution in [-0.4, -0.2) is 15.6 Å². The van der Waals surface area contributed by atoms with Crippen LogP contribution in [0.2, 0.25) is 0 Å². The molecule has 4 nitrogen and oxygen atoms in total. The zero-order valence-corrected chi connectivity index (χ0v) is 16.1. The highest BCUT2D eigenvalue weighted by Crippen LogP contribution is 2.21. The van der Waals surface area contributed by atoms with E-state index in [1.807, 2.05) is 35.0 Å². The summed E-state index contributed by atoms with van der Waals surface area (Å²) >= 11 is 0. The van der Waals surface area contributed by atoms with E-state index in [2.05, 4.69) is 6.92 Å². The molecule has 144 valence electrons. The quantitative estimate of drug-likeness (QED) is 0.376. The molecule has 2 rings (SSSR count). The molecule has 0 unspecified atom stereocenters. The van der Waals surface area contributed by atoms with Crippen LogP contribution < -0.4 is 0 Å². The van der Waals surface area contributed by atoms with Crippen LogP contribution in [0.3, 0.4) is 0 Å². The summed E-state index contributed by atoms with van der Waals surface area (Å²) in [5.41, 5.74) is 1.84. The molecule has 0 radical (unpaired) electrons. The number of ether oxygens (including phenoxy) is 1. The second-order valence-corrected chi connectivity index (χ2v) is 7.02. The van der Waals surface area contributed by atoms with Gasteiger partial charge in [0.2, 0.25) is 0 Å². The summed E-state index contributed by atoms with van der Waals surface area (Å²) in [4.78, 5) is 12.0. The molecule has 0 aliphatic rings. The van der Waals surface area contributed by atoms with Gasteiger partial charge in [0.1, 0.15) is 0 Å². The Balaban J connectivity index is 1.62. The number of aliphatic hydroxyl groups is 1. The van der Waals surface area contributed by atoms with Gasteiger partial charge in [-0.3, -0.25) is 4.79 Å². The van der Waals surface area contributed by atoms with E-state index in [0.29, 0.717) is 6.42 Å². The average molecular weight is 360 g/mol. The minimum atomic E-state index is -0.142. The summed E-state index contributed by atoms with van der Waals surface area (Å²) in [5, 5.41) is 10.5. The predicted molar refractivity (Wildman–Crippen MR) is 106 cm³/mol. The summed E-state index contributed by atoms with van der Waals surface area (Å²) in [6, 6.07) is 7.84. The van der Waals surface area contributed by atoms with E-state index in [9.17, 15) is 9.90 Å². The Bertz CT molecular complexity index is 662. The highest BCUT2D eigenvalue weighted by atomic mass is 16.5. The first-order valence-electron chi connectivity index (χ1n) is 10.1. The number of nitrogens with zero attached hydrogens (tertiary/aromatic N) is 1. The molecule has 4 heteroatoms. The summed E-state index contributed by atoms with van der Waals surface area (Å²) in [6.07, 6.45) is 13.5. The number of para-hydroxylation sites is 1. The molecule has 0 fully saturated rings. The van der Waals surface area contributed by atoms with Crippen molar-refractivity contribution in [3.05, 3.63) is 36.0 Å². The van der Waals surface area contributed by atoms with E-state index in [1.165, 1.54) is 44.9 Å². The highest BCUT2D eigenvalue weighted by molar-refractivity contribution is 5.83. The minimum Gasteiger partial charge on any atom is -0.444 e. The lowest BCUT2D eigenvalue weighted by atomic mass is 10.1. The first-order chi connectivity index (χ1) is 12.8. The normalized spacial score (nSPS) is 11.2. The lowest BCUT2D eigenvalue weighted by Gasteiger charge is -2.07. The lowest BCUT2D eigenvalue weighted by molar-refractivity contribution is -0.147. The third kappa shape index (κ3) is 6.49. The van der Waals surface area contributed by atoms with Crippen molar-refractivity contribution in [1.29, 1.82) is 0 Å². The number of rotatable bonds is 13. The summed E-state index contributed by atoms with van der Waals surface area (Å²) in [6.45, 7) is 2.43. The first kappa shape index (κ1) is 20.5. The maximum atomic E-state index is 12.0. The third-order valence-electron chi connectivity index (χ3n) is 4.89. The van der Waals surface area contributed by atoms with Gasteiger partial charge in [-0.15, -0.1) is 0 Å². The largest absolute Gasteiger partial charge is 0.444 e. The van der Waals surface area contributed by atoms with Gasteiger partial charge in [0.15, 0.2) is 6.73 Å². The van der Waals surface area contributed by atoms with E-state index in [1.54, 1.807) is 0 Å². The Morgan fingerprint density at radius 2 is 1.65 bits per heavy atom. The molecule has 1 N–H and O–H groups in total. The Kier molecular flexibility index (Phi) is 9.26. The Morgan fingerprint density at radius 3 is 2.35 bits per heavy atom. The van der Waals surface area contributed by atoms with Crippen LogP contribution in [0.25, 0.3) is 10.9 Å². The number of aliphatic hydroxyl groups excluding tert-OH is 1. The molecule has 0 amide bonds. The second-order valence-electron chi connectivity index (χ2n) is 7.02. The standard InChI is InChI=1S/C22H33NO3/c1-2-3-4-5-6-7-8-9-10-15-22(25)26-18-23-16-19(17-24)20-13-11-12-14-21(20)23/h11-14,16,24H,2-10,15,17-18H2,1H3. The monoisotopic (exact) mass is 359 g/mol. The fourth-order valence-electron chi connectivity index (χ4n) is 3.35. The van der Waals surface area contributed by atoms with Crippen LogP contribution in [-0.2, 0) is 22.9 Å². The van der Waals surface area contributed by atoms with Crippen LogP contribution in [0.4, 0.5) is 0 Å². The first-order valence-corrected chi connectivity index (χ1v) is 10.1. The lowest BCUT2D eigenvalue weighted by Crippen LogP contribution is -2.08. The molecule has 0 aliphatic carbocycles. The number of aromatic nitrogens is 1. The molecule has 1 heterocycles. The summed E-state index contributed by atoms with van der Waals surface area (Å²) in [7, 11) is 0. The van der Waals surface area contributed by atoms with E-state index in [-0.39, 0.29) is 19.3 Å². The Labute approximate surface area is 157 Å². The minimum absolute atomic E-state index is 0.0140. The number of hydrogen-bond donors (Lipinski definition) is 1. The van der Waals surface area contributed by atoms with E-state index >= 15 is 0 Å². The molecular weight excluding hydrogens is 326 g/mol. The van der Waals surface area contributed by atoms with E-state index < -0.39 is 0 Å². The van der Waals surface area contributed by atoms with Gasteiger partial charge in [0.25, 0.3) is 0 Å². The zero-order valence-electron chi connectivity index (χ0n) is 16.1. The van der Waals surface area contributed by atoms with Crippen molar-refractivity contribution in [3.63, 3.8) is 0 Å². The van der Waals surface area contributed by atoms with Crippen molar-refractivity contribution in [2.75, 3.05) is 0 Å². The maximum absolute atomic E-state index is 12.0. The smallest absolute Gasteiger partial charge is 0.307 e. The molecule has 1 aromatic heterocycles. The van der Waals surface area contributed by atoms with Crippen molar-refractivity contribution in [2.45, 2.75) is 84.5 Å². The van der Waals surface area contributed by atoms with Gasteiger partial charge in [-0.25, -0.2) is 0 Å². The molecule has 0 atom stereocenters. The van der Waals surface area contributed by atoms with Crippen LogP contribution >= 0.6 is 0 Å². The Morgan fingerprint density at radius 1 is 1.00 bits per heavy atom. The number of carbonyl (C=O) groups is 1. The van der Waals surface area contributed by atoms with Gasteiger partial charge >= 0.3 is 5.97 Å². The topological polar surface area (TPSA) is 51.5 Å². The van der Waals surface area contributed by atoms with Crippen LogP contribution in [0, 0.1) is 0 Å². The molecule has 26 heavy (non-hydrogen) atoms. The second kappa shape index (κ2) is 11.7. The van der Waals surface area contributed by atoms with Crippen LogP contribution in [0.5, 0.6) is 0 Å². The molecule has 0 bridgehead atoms. The average Bonchev–Trinajstić information content (AvgIpc) is 3.03. The fraction of sp³-hybridized carbons (Fsp3) is 0.591. The number of hydrogen-bond acceptors (Lipinski definition) is 3. The predicted octanol–water partition coefficient (Wildman–Crippen LogP) is 5.56. The van der Waals surface area contributed by atoms with Crippen LogP contribution in [0.1, 0.15) is 76.7 Å². The number of carbonyl (C=O) groups excluding carboxylic acids is 1. The number of benzene rings is 1. The SMILES string of the molecule is CCCCCCCCCCCC(=O)OCn1cc(CO)c2ccccc21. The molecule has 0 aliphatic heterocycles. The Hall–Kier alpha value is -1.81. The van der Waals surface area contributed by atoms with Crippen LogP contribution in [0.15, 0.2) is 30.5 Å². The van der Waals surface area contributed by atoms with Crippen molar-refractivity contribution in [3.8, 4) is 0 Å².